The van der Waals surface area contributed by atoms with Crippen LogP contribution in [0.15, 0.2) is 12.1 Å². The van der Waals surface area contributed by atoms with E-state index in [2.05, 4.69) is 0 Å². The van der Waals surface area contributed by atoms with Gasteiger partial charge in [0.1, 0.15) is 0 Å². The predicted molar refractivity (Wildman–Crippen MR) is 76.8 cm³/mol. The molecule has 0 aliphatic heterocycles. The monoisotopic (exact) mass is 284 g/mol. The molecule has 5 nitrogen and oxygen atoms in total. The minimum Gasteiger partial charge on any atom is -0.493 e. The highest BCUT2D eigenvalue weighted by Gasteiger charge is 2.16. The number of rotatable bonds is 9. The first kappa shape index (κ1) is 16.6. The maximum atomic E-state index is 5.55. The summed E-state index contributed by atoms with van der Waals surface area (Å²) in [5.41, 5.74) is 1.01. The van der Waals surface area contributed by atoms with Crippen molar-refractivity contribution in [3.63, 3.8) is 0 Å². The number of ether oxygens (including phenoxy) is 5. The van der Waals surface area contributed by atoms with Crippen molar-refractivity contribution in [2.45, 2.75) is 26.6 Å². The maximum absolute atomic E-state index is 5.55. The Morgan fingerprint density at radius 3 is 1.70 bits per heavy atom. The Balaban J connectivity index is 2.99. The van der Waals surface area contributed by atoms with Crippen molar-refractivity contribution in [3.8, 4) is 17.2 Å². The van der Waals surface area contributed by atoms with Gasteiger partial charge in [-0.3, -0.25) is 0 Å². The van der Waals surface area contributed by atoms with Gasteiger partial charge in [0.2, 0.25) is 5.75 Å². The summed E-state index contributed by atoms with van der Waals surface area (Å²) in [6.07, 6.45) is 0.353. The molecular weight excluding hydrogens is 260 g/mol. The van der Waals surface area contributed by atoms with Crippen molar-refractivity contribution < 1.29 is 23.7 Å². The summed E-state index contributed by atoms with van der Waals surface area (Å²) in [6, 6.07) is 3.82. The zero-order valence-corrected chi connectivity index (χ0v) is 12.9. The first-order valence-electron chi connectivity index (χ1n) is 6.72. The van der Waals surface area contributed by atoms with Crippen LogP contribution >= 0.6 is 0 Å². The highest BCUT2D eigenvalue weighted by molar-refractivity contribution is 5.53. The number of benzene rings is 1. The molecule has 0 aliphatic carbocycles. The largest absolute Gasteiger partial charge is 0.493 e. The van der Waals surface area contributed by atoms with Crippen LogP contribution in [0.1, 0.15) is 19.4 Å². The Morgan fingerprint density at radius 1 is 0.850 bits per heavy atom. The molecular formula is C15H24O5. The molecule has 0 saturated heterocycles. The Kier molecular flexibility index (Phi) is 7.18. The fourth-order valence-electron chi connectivity index (χ4n) is 1.98. The number of methoxy groups -OCH3 is 3. The molecule has 0 amide bonds. The van der Waals surface area contributed by atoms with Crippen LogP contribution in [-0.4, -0.2) is 40.8 Å². The summed E-state index contributed by atoms with van der Waals surface area (Å²) >= 11 is 0. The minimum absolute atomic E-state index is 0.271. The summed E-state index contributed by atoms with van der Waals surface area (Å²) in [6.45, 7) is 5.10. The molecule has 114 valence electrons. The van der Waals surface area contributed by atoms with E-state index in [1.165, 1.54) is 0 Å². The Labute approximate surface area is 120 Å². The van der Waals surface area contributed by atoms with Crippen LogP contribution in [0.4, 0.5) is 0 Å². The third kappa shape index (κ3) is 4.28. The van der Waals surface area contributed by atoms with E-state index in [1.54, 1.807) is 21.3 Å². The minimum atomic E-state index is -0.271. The molecule has 1 aromatic rings. The second kappa shape index (κ2) is 8.66. The van der Waals surface area contributed by atoms with Gasteiger partial charge >= 0.3 is 0 Å². The van der Waals surface area contributed by atoms with Crippen LogP contribution < -0.4 is 14.2 Å². The van der Waals surface area contributed by atoms with Crippen molar-refractivity contribution in [1.82, 2.24) is 0 Å². The Bertz CT molecular complexity index is 374. The average Bonchev–Trinajstić information content (AvgIpc) is 2.46. The molecule has 5 heteroatoms. The van der Waals surface area contributed by atoms with Crippen LogP contribution in [-0.2, 0) is 15.9 Å². The Hall–Kier alpha value is -1.46. The number of hydrogen-bond acceptors (Lipinski definition) is 5. The van der Waals surface area contributed by atoms with Gasteiger partial charge in [0.25, 0.3) is 0 Å². The normalized spacial score (nSPS) is 10.7. The van der Waals surface area contributed by atoms with Gasteiger partial charge in [-0.25, -0.2) is 0 Å². The van der Waals surface area contributed by atoms with Crippen LogP contribution in [0.2, 0.25) is 0 Å². The lowest BCUT2D eigenvalue weighted by Crippen LogP contribution is -2.20. The molecule has 0 heterocycles. The van der Waals surface area contributed by atoms with E-state index in [1.807, 2.05) is 26.0 Å². The zero-order valence-electron chi connectivity index (χ0n) is 12.9. The van der Waals surface area contributed by atoms with Gasteiger partial charge in [0, 0.05) is 19.6 Å². The van der Waals surface area contributed by atoms with E-state index in [4.69, 9.17) is 23.7 Å². The van der Waals surface area contributed by atoms with Gasteiger partial charge in [-0.15, -0.1) is 0 Å². The van der Waals surface area contributed by atoms with Crippen LogP contribution in [0, 0.1) is 0 Å². The summed E-state index contributed by atoms with van der Waals surface area (Å²) in [5, 5.41) is 0. The first-order valence-corrected chi connectivity index (χ1v) is 6.72. The molecule has 0 N–H and O–H groups in total. The van der Waals surface area contributed by atoms with Crippen molar-refractivity contribution >= 4 is 0 Å². The van der Waals surface area contributed by atoms with Crippen molar-refractivity contribution in [1.29, 1.82) is 0 Å². The Morgan fingerprint density at radius 2 is 1.35 bits per heavy atom. The van der Waals surface area contributed by atoms with E-state index < -0.39 is 0 Å². The quantitative estimate of drug-likeness (QED) is 0.652. The van der Waals surface area contributed by atoms with Crippen LogP contribution in [0.3, 0.4) is 0 Å². The summed E-state index contributed by atoms with van der Waals surface area (Å²) < 4.78 is 27.1. The highest BCUT2D eigenvalue weighted by Crippen LogP contribution is 2.38. The fourth-order valence-corrected chi connectivity index (χ4v) is 1.98. The molecule has 0 aromatic heterocycles. The lowest BCUT2D eigenvalue weighted by Gasteiger charge is -2.19. The first-order chi connectivity index (χ1) is 9.69. The molecule has 20 heavy (non-hydrogen) atoms. The van der Waals surface area contributed by atoms with Gasteiger partial charge in [0.15, 0.2) is 17.8 Å². The van der Waals surface area contributed by atoms with Crippen molar-refractivity contribution in [2.75, 3.05) is 34.5 Å². The van der Waals surface area contributed by atoms with E-state index in [0.717, 1.165) is 5.56 Å². The average molecular weight is 284 g/mol. The highest BCUT2D eigenvalue weighted by atomic mass is 16.7. The molecule has 0 radical (unpaired) electrons. The van der Waals surface area contributed by atoms with E-state index >= 15 is 0 Å². The van der Waals surface area contributed by atoms with Crippen LogP contribution in [0.25, 0.3) is 0 Å². The van der Waals surface area contributed by atoms with E-state index in [9.17, 15) is 0 Å². The second-order valence-electron chi connectivity index (χ2n) is 4.08. The second-order valence-corrected chi connectivity index (χ2v) is 4.08. The summed E-state index contributed by atoms with van der Waals surface area (Å²) in [5.74, 6) is 1.85. The predicted octanol–water partition coefficient (Wildman–Crippen LogP) is 2.65. The lowest BCUT2D eigenvalue weighted by atomic mass is 10.1. The fraction of sp³-hybridized carbons (Fsp3) is 0.600. The summed E-state index contributed by atoms with van der Waals surface area (Å²) in [7, 11) is 4.79. The molecule has 0 bridgehead atoms. The van der Waals surface area contributed by atoms with Gasteiger partial charge < -0.3 is 23.7 Å². The third-order valence-corrected chi connectivity index (χ3v) is 2.83. The molecule has 0 fully saturated rings. The molecule has 0 atom stereocenters. The van der Waals surface area contributed by atoms with E-state index in [-0.39, 0.29) is 6.29 Å². The van der Waals surface area contributed by atoms with Crippen molar-refractivity contribution in [3.05, 3.63) is 17.7 Å². The van der Waals surface area contributed by atoms with E-state index in [0.29, 0.717) is 36.9 Å². The van der Waals surface area contributed by atoms with Crippen molar-refractivity contribution in [2.24, 2.45) is 0 Å². The lowest BCUT2D eigenvalue weighted by molar-refractivity contribution is -0.134. The third-order valence-electron chi connectivity index (χ3n) is 2.83. The molecule has 0 aliphatic rings. The summed E-state index contributed by atoms with van der Waals surface area (Å²) in [4.78, 5) is 0. The topological polar surface area (TPSA) is 46.2 Å². The van der Waals surface area contributed by atoms with Gasteiger partial charge in [-0.1, -0.05) is 0 Å². The van der Waals surface area contributed by atoms with Gasteiger partial charge in [-0.2, -0.15) is 0 Å². The van der Waals surface area contributed by atoms with Gasteiger partial charge in [0.05, 0.1) is 21.3 Å². The molecule has 0 saturated carbocycles. The SMILES string of the molecule is CCOC(Cc1cc(OC)c(OC)c(OC)c1)OCC. The molecule has 1 rings (SSSR count). The molecule has 1 aromatic carbocycles. The maximum Gasteiger partial charge on any atom is 0.203 e. The zero-order chi connectivity index (χ0) is 15.0. The van der Waals surface area contributed by atoms with Gasteiger partial charge in [-0.05, 0) is 31.5 Å². The molecule has 0 spiro atoms. The smallest absolute Gasteiger partial charge is 0.203 e. The number of hydrogen-bond donors (Lipinski definition) is 0. The van der Waals surface area contributed by atoms with Crippen LogP contribution in [0.5, 0.6) is 17.2 Å². The standard InChI is InChI=1S/C15H24O5/c1-6-19-14(20-7-2)10-11-8-12(16-3)15(18-5)13(9-11)17-4/h8-9,14H,6-7,10H2,1-5H3. The molecule has 0 unspecified atom stereocenters.